The highest BCUT2D eigenvalue weighted by Crippen LogP contribution is 2.23. The fourth-order valence-corrected chi connectivity index (χ4v) is 2.49. The van der Waals surface area contributed by atoms with E-state index in [2.05, 4.69) is 10.3 Å². The van der Waals surface area contributed by atoms with Gasteiger partial charge < -0.3 is 15.8 Å². The van der Waals surface area contributed by atoms with Crippen LogP contribution in [0, 0.1) is 6.92 Å². The van der Waals surface area contributed by atoms with E-state index in [-0.39, 0.29) is 0 Å². The topological polar surface area (TPSA) is 77.2 Å². The van der Waals surface area contributed by atoms with Crippen molar-refractivity contribution < 1.29 is 9.53 Å². The van der Waals surface area contributed by atoms with Crippen molar-refractivity contribution in [1.82, 2.24) is 4.98 Å². The number of aryl methyl sites for hydroxylation is 1. The van der Waals surface area contributed by atoms with Crippen molar-refractivity contribution in [2.75, 3.05) is 24.7 Å². The summed E-state index contributed by atoms with van der Waals surface area (Å²) in [7, 11) is 1.35. The van der Waals surface area contributed by atoms with Crippen LogP contribution in [0.1, 0.15) is 20.9 Å². The molecule has 0 amide bonds. The van der Waals surface area contributed by atoms with Gasteiger partial charge in [0.2, 0.25) is 0 Å². The smallest absolute Gasteiger partial charge is 0.340 e. The number of aromatic nitrogens is 1. The second kappa shape index (κ2) is 6.38. The molecular weight excluding hydrogens is 274 g/mol. The fourth-order valence-electron chi connectivity index (χ4n) is 1.87. The van der Waals surface area contributed by atoms with Crippen molar-refractivity contribution in [3.63, 3.8) is 0 Å². The lowest BCUT2D eigenvalue weighted by Gasteiger charge is -2.12. The highest BCUT2D eigenvalue weighted by Gasteiger charge is 2.13. The Labute approximate surface area is 121 Å². The molecule has 5 nitrogen and oxygen atoms in total. The Morgan fingerprint density at radius 1 is 1.50 bits per heavy atom. The molecule has 1 aromatic heterocycles. The molecule has 3 N–H and O–H groups in total. The Morgan fingerprint density at radius 2 is 2.30 bits per heavy atom. The number of hydrogen-bond acceptors (Lipinski definition) is 6. The van der Waals surface area contributed by atoms with E-state index in [0.717, 1.165) is 29.2 Å². The number of benzene rings is 1. The van der Waals surface area contributed by atoms with E-state index in [4.69, 9.17) is 10.5 Å². The van der Waals surface area contributed by atoms with E-state index in [1.807, 2.05) is 18.4 Å². The minimum absolute atomic E-state index is 0.393. The summed E-state index contributed by atoms with van der Waals surface area (Å²) >= 11 is 1.63. The maximum atomic E-state index is 11.7. The molecule has 0 saturated carbocycles. The molecule has 0 aliphatic carbocycles. The molecule has 1 aromatic carbocycles. The first-order valence-corrected chi connectivity index (χ1v) is 7.10. The Hall–Kier alpha value is -2.08. The van der Waals surface area contributed by atoms with Crippen molar-refractivity contribution >= 4 is 28.7 Å². The fraction of sp³-hybridized carbons (Fsp3) is 0.286. The molecule has 0 spiro atoms. The number of nitrogens with zero attached hydrogens (tertiary/aromatic N) is 1. The highest BCUT2D eigenvalue weighted by atomic mass is 32.1. The summed E-state index contributed by atoms with van der Waals surface area (Å²) < 4.78 is 4.74. The number of rotatable bonds is 5. The highest BCUT2D eigenvalue weighted by molar-refractivity contribution is 7.09. The van der Waals surface area contributed by atoms with E-state index in [1.54, 1.807) is 23.6 Å². The van der Waals surface area contributed by atoms with Gasteiger partial charge in [0.1, 0.15) is 0 Å². The molecule has 106 valence electrons. The van der Waals surface area contributed by atoms with Gasteiger partial charge in [0.05, 0.1) is 17.7 Å². The first kappa shape index (κ1) is 14.3. The third kappa shape index (κ3) is 3.27. The number of thiazole rings is 1. The number of carbonyl (C=O) groups is 1. The van der Waals surface area contributed by atoms with Crippen LogP contribution in [0.4, 0.5) is 11.4 Å². The molecule has 0 atom stereocenters. The number of hydrogen-bond donors (Lipinski definition) is 2. The van der Waals surface area contributed by atoms with Gasteiger partial charge in [0, 0.05) is 35.9 Å². The molecule has 0 radical (unpaired) electrons. The SMILES string of the molecule is COC(=O)c1cc(NCCc2nccs2)cc(C)c1N. The summed E-state index contributed by atoms with van der Waals surface area (Å²) in [6, 6.07) is 3.64. The summed E-state index contributed by atoms with van der Waals surface area (Å²) in [5.41, 5.74) is 8.46. The molecule has 0 aliphatic rings. The van der Waals surface area contributed by atoms with Crippen LogP contribution in [0.2, 0.25) is 0 Å². The lowest BCUT2D eigenvalue weighted by atomic mass is 10.1. The first-order valence-electron chi connectivity index (χ1n) is 6.22. The van der Waals surface area contributed by atoms with Crippen LogP contribution in [0.3, 0.4) is 0 Å². The molecular formula is C14H17N3O2S. The van der Waals surface area contributed by atoms with Crippen molar-refractivity contribution in [3.05, 3.63) is 39.8 Å². The Balaban J connectivity index is 2.08. The summed E-state index contributed by atoms with van der Waals surface area (Å²) in [5, 5.41) is 6.31. The number of esters is 1. The maximum absolute atomic E-state index is 11.7. The zero-order valence-electron chi connectivity index (χ0n) is 11.5. The quantitative estimate of drug-likeness (QED) is 0.653. The second-order valence-corrected chi connectivity index (χ2v) is 5.33. The van der Waals surface area contributed by atoms with E-state index in [0.29, 0.717) is 11.3 Å². The molecule has 0 aliphatic heterocycles. The number of anilines is 2. The zero-order valence-corrected chi connectivity index (χ0v) is 12.3. The van der Waals surface area contributed by atoms with E-state index < -0.39 is 5.97 Å². The van der Waals surface area contributed by atoms with Gasteiger partial charge in [0.25, 0.3) is 0 Å². The number of methoxy groups -OCH3 is 1. The molecule has 1 heterocycles. The number of ether oxygens (including phenoxy) is 1. The number of nitrogens with two attached hydrogens (primary N) is 1. The molecule has 0 saturated heterocycles. The van der Waals surface area contributed by atoms with Crippen molar-refractivity contribution in [2.45, 2.75) is 13.3 Å². The van der Waals surface area contributed by atoms with Gasteiger partial charge in [-0.05, 0) is 24.6 Å². The first-order chi connectivity index (χ1) is 9.61. The molecule has 2 aromatic rings. The number of nitrogen functional groups attached to an aromatic ring is 1. The molecule has 0 bridgehead atoms. The Kier molecular flexibility index (Phi) is 4.57. The van der Waals surface area contributed by atoms with Gasteiger partial charge >= 0.3 is 5.97 Å². The summed E-state index contributed by atoms with van der Waals surface area (Å²) in [5.74, 6) is -0.422. The average molecular weight is 291 g/mol. The molecule has 2 rings (SSSR count). The minimum atomic E-state index is -0.422. The Morgan fingerprint density at radius 3 is 2.95 bits per heavy atom. The van der Waals surface area contributed by atoms with Crippen LogP contribution < -0.4 is 11.1 Å². The van der Waals surface area contributed by atoms with Crippen LogP contribution in [-0.4, -0.2) is 24.6 Å². The summed E-state index contributed by atoms with van der Waals surface area (Å²) in [4.78, 5) is 15.9. The van der Waals surface area contributed by atoms with Crippen LogP contribution in [0.25, 0.3) is 0 Å². The van der Waals surface area contributed by atoms with Crippen LogP contribution in [-0.2, 0) is 11.2 Å². The summed E-state index contributed by atoms with van der Waals surface area (Å²) in [6.45, 7) is 2.62. The zero-order chi connectivity index (χ0) is 14.5. The monoisotopic (exact) mass is 291 g/mol. The van der Waals surface area contributed by atoms with E-state index >= 15 is 0 Å². The normalized spacial score (nSPS) is 10.3. The maximum Gasteiger partial charge on any atom is 0.340 e. The third-order valence-electron chi connectivity index (χ3n) is 2.94. The largest absolute Gasteiger partial charge is 0.465 e. The van der Waals surface area contributed by atoms with Crippen molar-refractivity contribution in [2.24, 2.45) is 0 Å². The van der Waals surface area contributed by atoms with Gasteiger partial charge in [-0.2, -0.15) is 0 Å². The van der Waals surface area contributed by atoms with Crippen LogP contribution in [0.5, 0.6) is 0 Å². The van der Waals surface area contributed by atoms with Crippen LogP contribution in [0.15, 0.2) is 23.7 Å². The minimum Gasteiger partial charge on any atom is -0.465 e. The average Bonchev–Trinajstić information content (AvgIpc) is 2.95. The van der Waals surface area contributed by atoms with Gasteiger partial charge in [-0.15, -0.1) is 11.3 Å². The second-order valence-electron chi connectivity index (χ2n) is 4.35. The van der Waals surface area contributed by atoms with Crippen LogP contribution >= 0.6 is 11.3 Å². The van der Waals surface area contributed by atoms with Gasteiger partial charge in [0.15, 0.2) is 0 Å². The molecule has 20 heavy (non-hydrogen) atoms. The van der Waals surface area contributed by atoms with Gasteiger partial charge in [-0.1, -0.05) is 0 Å². The molecule has 0 fully saturated rings. The number of carbonyl (C=O) groups excluding carboxylic acids is 1. The standard InChI is InChI=1S/C14H17N3O2S/c1-9-7-10(8-11(13(9)15)14(18)19-2)16-4-3-12-17-5-6-20-12/h5-8,16H,3-4,15H2,1-2H3. The van der Waals surface area contributed by atoms with Gasteiger partial charge in [-0.25, -0.2) is 9.78 Å². The third-order valence-corrected chi connectivity index (χ3v) is 3.78. The van der Waals surface area contributed by atoms with Crippen molar-refractivity contribution in [1.29, 1.82) is 0 Å². The lowest BCUT2D eigenvalue weighted by molar-refractivity contribution is 0.0602. The number of nitrogens with one attached hydrogen (secondary N) is 1. The molecule has 0 unspecified atom stereocenters. The molecule has 6 heteroatoms. The predicted octanol–water partition coefficient (Wildman–Crippen LogP) is 2.47. The van der Waals surface area contributed by atoms with Gasteiger partial charge in [-0.3, -0.25) is 0 Å². The lowest BCUT2D eigenvalue weighted by Crippen LogP contribution is -2.10. The van der Waals surface area contributed by atoms with Crippen molar-refractivity contribution in [3.8, 4) is 0 Å². The predicted molar refractivity (Wildman–Crippen MR) is 81.2 cm³/mol. The van der Waals surface area contributed by atoms with E-state index in [9.17, 15) is 4.79 Å². The Bertz CT molecular complexity index is 597. The summed E-state index contributed by atoms with van der Waals surface area (Å²) in [6.07, 6.45) is 2.64. The van der Waals surface area contributed by atoms with E-state index in [1.165, 1.54) is 7.11 Å².